The summed E-state index contributed by atoms with van der Waals surface area (Å²) in [7, 11) is -2.98. The van der Waals surface area contributed by atoms with Crippen LogP contribution in [0.2, 0.25) is 0 Å². The van der Waals surface area contributed by atoms with Crippen LogP contribution in [0.1, 0.15) is 44.5 Å². The van der Waals surface area contributed by atoms with Gasteiger partial charge in [0, 0.05) is 62.5 Å². The number of aromatic nitrogens is 1. The number of sulfone groups is 1. The van der Waals surface area contributed by atoms with Gasteiger partial charge in [-0.1, -0.05) is 26.0 Å². The predicted molar refractivity (Wildman–Crippen MR) is 151 cm³/mol. The molecule has 0 radical (unpaired) electrons. The van der Waals surface area contributed by atoms with E-state index in [1.165, 1.54) is 12.1 Å². The molecule has 1 amide bonds. The molecule has 5 rings (SSSR count). The van der Waals surface area contributed by atoms with Crippen LogP contribution in [-0.2, 0) is 26.5 Å². The van der Waals surface area contributed by atoms with Gasteiger partial charge in [0.15, 0.2) is 9.84 Å². The van der Waals surface area contributed by atoms with E-state index in [1.54, 1.807) is 12.1 Å². The summed E-state index contributed by atoms with van der Waals surface area (Å²) in [6.07, 6.45) is 2.48. The number of benzene rings is 1. The van der Waals surface area contributed by atoms with E-state index in [2.05, 4.69) is 42.0 Å². The molecule has 1 N–H and O–H groups in total. The van der Waals surface area contributed by atoms with E-state index in [9.17, 15) is 17.6 Å². The highest BCUT2D eigenvalue weighted by Gasteiger charge is 2.41. The number of piperazine rings is 1. The fourth-order valence-electron chi connectivity index (χ4n) is 6.17. The summed E-state index contributed by atoms with van der Waals surface area (Å²) in [6, 6.07) is 8.89. The molecule has 0 saturated carbocycles. The van der Waals surface area contributed by atoms with Gasteiger partial charge < -0.3 is 10.2 Å². The van der Waals surface area contributed by atoms with Gasteiger partial charge in [-0.05, 0) is 49.6 Å². The van der Waals surface area contributed by atoms with Crippen LogP contribution in [0, 0.1) is 5.82 Å². The minimum atomic E-state index is -2.98. The van der Waals surface area contributed by atoms with E-state index in [0.29, 0.717) is 26.1 Å². The third-order valence-corrected chi connectivity index (χ3v) is 10.1. The number of carbonyl (C=O) groups excluding carboxylic acids is 1. The molecule has 0 spiro atoms. The van der Waals surface area contributed by atoms with E-state index >= 15 is 0 Å². The third kappa shape index (κ3) is 6.34. The number of nitrogens with one attached hydrogen (secondary N) is 1. The topological polar surface area (TPSA) is 85.8 Å². The molecule has 4 heterocycles. The molecule has 2 fully saturated rings. The van der Waals surface area contributed by atoms with Crippen molar-refractivity contribution in [3.8, 4) is 0 Å². The van der Waals surface area contributed by atoms with Gasteiger partial charge in [-0.3, -0.25) is 19.6 Å². The first-order valence-corrected chi connectivity index (χ1v) is 15.7. The monoisotopic (exact) mass is 557 g/mol. The minimum absolute atomic E-state index is 0.0301. The van der Waals surface area contributed by atoms with Crippen LogP contribution in [-0.4, -0.2) is 98.0 Å². The summed E-state index contributed by atoms with van der Waals surface area (Å²) < 4.78 is 37.5. The molecule has 0 aliphatic carbocycles. The van der Waals surface area contributed by atoms with Crippen molar-refractivity contribution in [3.05, 3.63) is 59.2 Å². The molecule has 0 bridgehead atoms. The number of rotatable bonds is 6. The van der Waals surface area contributed by atoms with Crippen LogP contribution in [0.3, 0.4) is 0 Å². The summed E-state index contributed by atoms with van der Waals surface area (Å²) >= 11 is 0. The van der Waals surface area contributed by atoms with Crippen LogP contribution < -0.4 is 10.2 Å². The molecular formula is C29H40FN5O3S. The molecule has 2 aromatic rings. The van der Waals surface area contributed by atoms with Crippen molar-refractivity contribution in [2.24, 2.45) is 0 Å². The second kappa shape index (κ2) is 10.9. The number of anilines is 1. The zero-order valence-corrected chi connectivity index (χ0v) is 24.2. The molecule has 1 unspecified atom stereocenters. The van der Waals surface area contributed by atoms with E-state index in [1.807, 2.05) is 18.0 Å². The lowest BCUT2D eigenvalue weighted by Crippen LogP contribution is -2.62. The van der Waals surface area contributed by atoms with Crippen LogP contribution in [0.5, 0.6) is 0 Å². The van der Waals surface area contributed by atoms with Crippen molar-refractivity contribution in [1.29, 1.82) is 0 Å². The van der Waals surface area contributed by atoms with Gasteiger partial charge in [0.25, 0.3) is 0 Å². The molecule has 1 aromatic carbocycles. The Morgan fingerprint density at radius 2 is 1.90 bits per heavy atom. The Bertz CT molecular complexity index is 1320. The molecule has 3 aliphatic heterocycles. The smallest absolute Gasteiger partial charge is 0.241 e. The maximum Gasteiger partial charge on any atom is 0.241 e. The first-order chi connectivity index (χ1) is 18.4. The molecule has 10 heteroatoms. The summed E-state index contributed by atoms with van der Waals surface area (Å²) in [5, 5.41) is 3.54. The lowest BCUT2D eigenvalue weighted by atomic mass is 9.91. The zero-order valence-electron chi connectivity index (χ0n) is 23.4. The second-order valence-electron chi connectivity index (χ2n) is 12.2. The molecule has 39 heavy (non-hydrogen) atoms. The zero-order chi connectivity index (χ0) is 27.9. The van der Waals surface area contributed by atoms with Crippen molar-refractivity contribution >= 4 is 21.4 Å². The average Bonchev–Trinajstić information content (AvgIpc) is 3.13. The lowest BCUT2D eigenvalue weighted by Gasteiger charge is -2.43. The van der Waals surface area contributed by atoms with Crippen molar-refractivity contribution in [3.63, 3.8) is 0 Å². The Balaban J connectivity index is 1.32. The maximum absolute atomic E-state index is 13.9. The number of nitrogens with zero attached hydrogens (tertiary/aromatic N) is 4. The first-order valence-electron chi connectivity index (χ1n) is 13.9. The van der Waals surface area contributed by atoms with E-state index in [4.69, 9.17) is 4.98 Å². The number of hydrogen-bond donors (Lipinski definition) is 1. The SMILES string of the molecule is CC1CS(=O)(=O)CCN1C[C@H]1CN[C@H](C)CN1CC(=O)N1CC(C)(C)c2ncc(Cc3ccc(F)cc3)cc21. The van der Waals surface area contributed by atoms with Crippen molar-refractivity contribution in [2.45, 2.75) is 57.7 Å². The summed E-state index contributed by atoms with van der Waals surface area (Å²) in [5.74, 6) is 0.176. The molecule has 3 atom stereocenters. The van der Waals surface area contributed by atoms with Gasteiger partial charge in [-0.2, -0.15) is 0 Å². The Kier molecular flexibility index (Phi) is 7.85. The molecule has 8 nitrogen and oxygen atoms in total. The van der Waals surface area contributed by atoms with Gasteiger partial charge >= 0.3 is 0 Å². The number of fused-ring (bicyclic) bond motifs is 1. The molecule has 2 saturated heterocycles. The van der Waals surface area contributed by atoms with E-state index in [-0.39, 0.29) is 46.8 Å². The summed E-state index contributed by atoms with van der Waals surface area (Å²) in [6.45, 7) is 12.0. The first kappa shape index (κ1) is 28.1. The van der Waals surface area contributed by atoms with Gasteiger partial charge in [0.2, 0.25) is 5.91 Å². The minimum Gasteiger partial charge on any atom is -0.311 e. The Morgan fingerprint density at radius 1 is 1.15 bits per heavy atom. The summed E-state index contributed by atoms with van der Waals surface area (Å²) in [4.78, 5) is 25.0. The standard InChI is InChI=1S/C29H40FN5O3S/c1-20-15-34(25(14-31-20)16-33-9-10-39(37,38)18-21(33)2)17-27(36)35-19-29(3,4)28-26(35)12-23(13-32-28)11-22-5-7-24(30)8-6-22/h5-8,12-13,20-21,25,31H,9-11,14-19H2,1-4H3/t20-,21?,25-/m1/s1. The van der Waals surface area contributed by atoms with E-state index < -0.39 is 9.84 Å². The average molecular weight is 558 g/mol. The number of carbonyl (C=O) groups is 1. The number of halogens is 1. The number of amides is 1. The summed E-state index contributed by atoms with van der Waals surface area (Å²) in [5.41, 5.74) is 3.50. The van der Waals surface area contributed by atoms with Gasteiger partial charge in [0.05, 0.1) is 29.4 Å². The van der Waals surface area contributed by atoms with Gasteiger partial charge in [-0.15, -0.1) is 0 Å². The normalized spacial score (nSPS) is 26.9. The predicted octanol–water partition coefficient (Wildman–Crippen LogP) is 2.22. The van der Waals surface area contributed by atoms with Crippen molar-refractivity contribution in [2.75, 3.05) is 55.7 Å². The molecule has 3 aliphatic rings. The number of hydrogen-bond acceptors (Lipinski definition) is 7. The highest BCUT2D eigenvalue weighted by Crippen LogP contribution is 2.39. The lowest BCUT2D eigenvalue weighted by molar-refractivity contribution is -0.120. The largest absolute Gasteiger partial charge is 0.311 e. The fraction of sp³-hybridized carbons (Fsp3) is 0.586. The van der Waals surface area contributed by atoms with Gasteiger partial charge in [-0.25, -0.2) is 12.8 Å². The highest BCUT2D eigenvalue weighted by molar-refractivity contribution is 7.91. The Morgan fingerprint density at radius 3 is 2.62 bits per heavy atom. The number of pyridine rings is 1. The molecule has 212 valence electrons. The quantitative estimate of drug-likeness (QED) is 0.583. The van der Waals surface area contributed by atoms with Gasteiger partial charge in [0.1, 0.15) is 5.82 Å². The van der Waals surface area contributed by atoms with E-state index in [0.717, 1.165) is 42.1 Å². The Labute approximate surface area is 231 Å². The fourth-order valence-corrected chi connectivity index (χ4v) is 7.80. The van der Waals surface area contributed by atoms with Crippen LogP contribution >= 0.6 is 0 Å². The second-order valence-corrected chi connectivity index (χ2v) is 14.5. The van der Waals surface area contributed by atoms with Crippen LogP contribution in [0.25, 0.3) is 0 Å². The highest BCUT2D eigenvalue weighted by atomic mass is 32.2. The van der Waals surface area contributed by atoms with Crippen molar-refractivity contribution < 1.29 is 17.6 Å². The third-order valence-electron chi connectivity index (χ3n) is 8.35. The van der Waals surface area contributed by atoms with Crippen molar-refractivity contribution in [1.82, 2.24) is 20.1 Å². The molecular weight excluding hydrogens is 517 g/mol. The molecule has 1 aromatic heterocycles. The van der Waals surface area contributed by atoms with Crippen LogP contribution in [0.15, 0.2) is 36.5 Å². The van der Waals surface area contributed by atoms with Crippen LogP contribution in [0.4, 0.5) is 10.1 Å². The Hall–Kier alpha value is -2.40. The maximum atomic E-state index is 13.9.